The minimum atomic E-state index is -4.63. The standard InChI is InChI=1S/C20H19ClF3N3O2/c21-15-6-7-17(16(12-15)20(22,23)24)25-18(28)13-26-8-10-27(11-9-26)19(29)14-4-2-1-3-5-14/h1-7,12H,8-11,13H2,(H,25,28). The van der Waals surface area contributed by atoms with Crippen LogP contribution < -0.4 is 5.32 Å². The summed E-state index contributed by atoms with van der Waals surface area (Å²) in [4.78, 5) is 28.2. The molecule has 1 aliphatic heterocycles. The van der Waals surface area contributed by atoms with Gasteiger partial charge in [0.25, 0.3) is 5.91 Å². The fourth-order valence-corrected chi connectivity index (χ4v) is 3.30. The van der Waals surface area contributed by atoms with Gasteiger partial charge >= 0.3 is 6.18 Å². The Hall–Kier alpha value is -2.58. The van der Waals surface area contributed by atoms with E-state index in [0.29, 0.717) is 31.7 Å². The second-order valence-corrected chi connectivity index (χ2v) is 7.11. The first kappa shape index (κ1) is 21.1. The zero-order valence-corrected chi connectivity index (χ0v) is 16.1. The van der Waals surface area contributed by atoms with E-state index in [1.165, 1.54) is 6.07 Å². The summed E-state index contributed by atoms with van der Waals surface area (Å²) in [6, 6.07) is 12.1. The Morgan fingerprint density at radius 1 is 1.00 bits per heavy atom. The van der Waals surface area contributed by atoms with Crippen molar-refractivity contribution in [3.63, 3.8) is 0 Å². The van der Waals surface area contributed by atoms with Crippen molar-refractivity contribution in [1.82, 2.24) is 9.80 Å². The average molecular weight is 426 g/mol. The molecule has 0 spiro atoms. The molecule has 29 heavy (non-hydrogen) atoms. The summed E-state index contributed by atoms with van der Waals surface area (Å²) < 4.78 is 39.4. The van der Waals surface area contributed by atoms with Crippen molar-refractivity contribution < 1.29 is 22.8 Å². The molecule has 2 aromatic carbocycles. The predicted molar refractivity (Wildman–Crippen MR) is 104 cm³/mol. The number of benzene rings is 2. The lowest BCUT2D eigenvalue weighted by Crippen LogP contribution is -2.50. The Labute approximate surface area is 171 Å². The molecule has 9 heteroatoms. The second-order valence-electron chi connectivity index (χ2n) is 6.67. The van der Waals surface area contributed by atoms with Crippen LogP contribution in [0, 0.1) is 0 Å². The summed E-state index contributed by atoms with van der Waals surface area (Å²) in [5.41, 5.74) is -0.720. The van der Waals surface area contributed by atoms with E-state index in [-0.39, 0.29) is 23.2 Å². The van der Waals surface area contributed by atoms with E-state index >= 15 is 0 Å². The number of hydrogen-bond donors (Lipinski definition) is 1. The molecule has 154 valence electrons. The van der Waals surface area contributed by atoms with Crippen LogP contribution in [0.1, 0.15) is 15.9 Å². The number of amides is 2. The van der Waals surface area contributed by atoms with Crippen molar-refractivity contribution >= 4 is 29.1 Å². The van der Waals surface area contributed by atoms with Gasteiger partial charge in [0, 0.05) is 36.8 Å². The molecule has 0 aliphatic carbocycles. The second kappa shape index (κ2) is 8.84. The van der Waals surface area contributed by atoms with Gasteiger partial charge in [-0.3, -0.25) is 14.5 Å². The van der Waals surface area contributed by atoms with Crippen molar-refractivity contribution in [3.05, 3.63) is 64.7 Å². The molecule has 3 rings (SSSR count). The first-order valence-corrected chi connectivity index (χ1v) is 9.35. The van der Waals surface area contributed by atoms with Crippen LogP contribution in [0.25, 0.3) is 0 Å². The molecule has 2 aromatic rings. The van der Waals surface area contributed by atoms with Gasteiger partial charge in [-0.15, -0.1) is 0 Å². The maximum atomic E-state index is 13.1. The van der Waals surface area contributed by atoms with E-state index in [4.69, 9.17) is 11.6 Å². The number of piperazine rings is 1. The normalized spacial score (nSPS) is 15.2. The van der Waals surface area contributed by atoms with Gasteiger partial charge in [0.1, 0.15) is 0 Å². The Bertz CT molecular complexity index is 882. The van der Waals surface area contributed by atoms with Gasteiger partial charge in [-0.1, -0.05) is 29.8 Å². The molecule has 0 bridgehead atoms. The molecule has 0 atom stereocenters. The number of carbonyl (C=O) groups is 2. The summed E-state index contributed by atoms with van der Waals surface area (Å²) in [6.07, 6.45) is -4.63. The van der Waals surface area contributed by atoms with Crippen molar-refractivity contribution in [2.24, 2.45) is 0 Å². The average Bonchev–Trinajstić information content (AvgIpc) is 2.69. The van der Waals surface area contributed by atoms with Crippen LogP contribution in [0.5, 0.6) is 0 Å². The van der Waals surface area contributed by atoms with Crippen LogP contribution in [0.2, 0.25) is 5.02 Å². The lowest BCUT2D eigenvalue weighted by molar-refractivity contribution is -0.137. The van der Waals surface area contributed by atoms with Crippen LogP contribution in [-0.2, 0) is 11.0 Å². The molecule has 1 aliphatic rings. The molecule has 1 heterocycles. The van der Waals surface area contributed by atoms with Gasteiger partial charge in [-0.05, 0) is 30.3 Å². The van der Waals surface area contributed by atoms with E-state index in [9.17, 15) is 22.8 Å². The third kappa shape index (κ3) is 5.48. The van der Waals surface area contributed by atoms with Crippen LogP contribution in [0.4, 0.5) is 18.9 Å². The highest BCUT2D eigenvalue weighted by Crippen LogP contribution is 2.36. The minimum absolute atomic E-state index is 0.0606. The number of nitrogens with one attached hydrogen (secondary N) is 1. The van der Waals surface area contributed by atoms with E-state index in [1.807, 2.05) is 6.07 Å². The summed E-state index contributed by atoms with van der Waals surface area (Å²) in [5.74, 6) is -0.633. The third-order valence-electron chi connectivity index (χ3n) is 4.61. The Kier molecular flexibility index (Phi) is 6.44. The number of carbonyl (C=O) groups excluding carboxylic acids is 2. The highest BCUT2D eigenvalue weighted by molar-refractivity contribution is 6.30. The molecule has 0 saturated carbocycles. The summed E-state index contributed by atoms with van der Waals surface area (Å²) >= 11 is 5.65. The molecule has 1 fully saturated rings. The molecule has 0 unspecified atom stereocenters. The van der Waals surface area contributed by atoms with Crippen molar-refractivity contribution in [2.45, 2.75) is 6.18 Å². The van der Waals surface area contributed by atoms with Gasteiger partial charge in [-0.25, -0.2) is 0 Å². The number of hydrogen-bond acceptors (Lipinski definition) is 3. The summed E-state index contributed by atoms with van der Waals surface area (Å²) in [7, 11) is 0. The molecule has 5 nitrogen and oxygen atoms in total. The topological polar surface area (TPSA) is 52.7 Å². The molecule has 0 radical (unpaired) electrons. The Balaban J connectivity index is 1.55. The predicted octanol–water partition coefficient (Wildman–Crippen LogP) is 3.76. The zero-order chi connectivity index (χ0) is 21.0. The first-order valence-electron chi connectivity index (χ1n) is 8.97. The van der Waals surface area contributed by atoms with Gasteiger partial charge in [0.2, 0.25) is 5.91 Å². The smallest absolute Gasteiger partial charge is 0.336 e. The highest BCUT2D eigenvalue weighted by Gasteiger charge is 2.34. The van der Waals surface area contributed by atoms with Crippen molar-refractivity contribution in [2.75, 3.05) is 38.0 Å². The van der Waals surface area contributed by atoms with Gasteiger partial charge in [0.05, 0.1) is 17.8 Å². The fraction of sp³-hybridized carbons (Fsp3) is 0.300. The molecular formula is C20H19ClF3N3O2. The van der Waals surface area contributed by atoms with Gasteiger partial charge in [0.15, 0.2) is 0 Å². The van der Waals surface area contributed by atoms with Crippen LogP contribution in [-0.4, -0.2) is 54.3 Å². The lowest BCUT2D eigenvalue weighted by atomic mass is 10.1. The van der Waals surface area contributed by atoms with Crippen LogP contribution >= 0.6 is 11.6 Å². The number of halogens is 4. The molecule has 2 amide bonds. The van der Waals surface area contributed by atoms with Crippen molar-refractivity contribution in [3.8, 4) is 0 Å². The molecule has 0 aromatic heterocycles. The fourth-order valence-electron chi connectivity index (χ4n) is 3.13. The SMILES string of the molecule is O=C(CN1CCN(C(=O)c2ccccc2)CC1)Nc1ccc(Cl)cc1C(F)(F)F. The maximum absolute atomic E-state index is 13.1. The zero-order valence-electron chi connectivity index (χ0n) is 15.4. The summed E-state index contributed by atoms with van der Waals surface area (Å²) in [6.45, 7) is 1.73. The molecule has 1 N–H and O–H groups in total. The monoisotopic (exact) mass is 425 g/mol. The largest absolute Gasteiger partial charge is 0.418 e. The first-order chi connectivity index (χ1) is 13.7. The van der Waals surface area contributed by atoms with E-state index in [0.717, 1.165) is 12.1 Å². The van der Waals surface area contributed by atoms with E-state index < -0.39 is 17.6 Å². The van der Waals surface area contributed by atoms with Gasteiger partial charge < -0.3 is 10.2 Å². The van der Waals surface area contributed by atoms with E-state index in [1.54, 1.807) is 34.1 Å². The quantitative estimate of drug-likeness (QED) is 0.811. The maximum Gasteiger partial charge on any atom is 0.418 e. The highest BCUT2D eigenvalue weighted by atomic mass is 35.5. The Morgan fingerprint density at radius 3 is 2.28 bits per heavy atom. The summed E-state index contributed by atoms with van der Waals surface area (Å²) in [5, 5.41) is 2.25. The third-order valence-corrected chi connectivity index (χ3v) is 4.84. The van der Waals surface area contributed by atoms with Gasteiger partial charge in [-0.2, -0.15) is 13.2 Å². The van der Waals surface area contributed by atoms with Crippen molar-refractivity contribution in [1.29, 1.82) is 0 Å². The van der Waals surface area contributed by atoms with Crippen LogP contribution in [0.15, 0.2) is 48.5 Å². The molecular weight excluding hydrogens is 407 g/mol. The Morgan fingerprint density at radius 2 is 1.66 bits per heavy atom. The number of anilines is 1. The van der Waals surface area contributed by atoms with E-state index in [2.05, 4.69) is 5.32 Å². The molecule has 1 saturated heterocycles. The number of rotatable bonds is 4. The van der Waals surface area contributed by atoms with Crippen LogP contribution in [0.3, 0.4) is 0 Å². The number of nitrogens with zero attached hydrogens (tertiary/aromatic N) is 2. The number of alkyl halides is 3. The minimum Gasteiger partial charge on any atom is -0.336 e. The lowest BCUT2D eigenvalue weighted by Gasteiger charge is -2.34.